The average Bonchev–Trinajstić information content (AvgIpc) is 2.62. The number of aromatic hydroxyl groups is 1. The number of rotatable bonds is 2. The van der Waals surface area contributed by atoms with Crippen LogP contribution in [0.1, 0.15) is 10.8 Å². The first-order valence-corrected chi connectivity index (χ1v) is 8.37. The Bertz CT molecular complexity index is 709. The topological polar surface area (TPSA) is 54.4 Å². The summed E-state index contributed by atoms with van der Waals surface area (Å²) in [6, 6.07) is 14.2. The van der Waals surface area contributed by atoms with Crippen LogP contribution in [0.3, 0.4) is 0 Å². The van der Waals surface area contributed by atoms with Crippen LogP contribution in [0.4, 0.5) is 0 Å². The van der Waals surface area contributed by atoms with Gasteiger partial charge in [0.2, 0.25) is 0 Å². The van der Waals surface area contributed by atoms with Gasteiger partial charge in [-0.15, -0.1) is 11.8 Å². The number of hydrogen-bond donors (Lipinski definition) is 1. The van der Waals surface area contributed by atoms with E-state index in [4.69, 9.17) is 0 Å². The van der Waals surface area contributed by atoms with E-state index in [0.717, 1.165) is 4.90 Å². The Morgan fingerprint density at radius 2 is 1.84 bits per heavy atom. The second kappa shape index (κ2) is 4.58. The van der Waals surface area contributed by atoms with Gasteiger partial charge in [-0.25, -0.2) is 8.42 Å². The number of hydrogen-bond acceptors (Lipinski definition) is 4. The van der Waals surface area contributed by atoms with Crippen LogP contribution in [0.25, 0.3) is 0 Å². The molecule has 5 heteroatoms. The molecular formula is C14H12O3S2. The smallest absolute Gasteiger partial charge is 0.180 e. The molecule has 1 unspecified atom stereocenters. The third-order valence-corrected chi connectivity index (χ3v) is 6.34. The van der Waals surface area contributed by atoms with Crippen LogP contribution in [0.15, 0.2) is 58.3 Å². The van der Waals surface area contributed by atoms with E-state index in [9.17, 15) is 13.5 Å². The van der Waals surface area contributed by atoms with Crippen molar-refractivity contribution in [2.24, 2.45) is 0 Å². The van der Waals surface area contributed by atoms with Crippen molar-refractivity contribution in [3.8, 4) is 5.75 Å². The Morgan fingerprint density at radius 3 is 2.58 bits per heavy atom. The van der Waals surface area contributed by atoms with Crippen LogP contribution in [-0.4, -0.2) is 19.3 Å². The van der Waals surface area contributed by atoms with Crippen molar-refractivity contribution >= 4 is 21.6 Å². The predicted molar refractivity (Wildman–Crippen MR) is 75.2 cm³/mol. The number of phenolic OH excluding ortho intramolecular Hbond substituents is 1. The zero-order valence-corrected chi connectivity index (χ0v) is 11.6. The maximum absolute atomic E-state index is 12.1. The molecule has 0 saturated heterocycles. The van der Waals surface area contributed by atoms with Gasteiger partial charge in [-0.2, -0.15) is 0 Å². The first-order valence-electron chi connectivity index (χ1n) is 5.84. The minimum Gasteiger partial charge on any atom is -0.508 e. The van der Waals surface area contributed by atoms with Gasteiger partial charge < -0.3 is 5.11 Å². The molecule has 3 rings (SSSR count). The summed E-state index contributed by atoms with van der Waals surface area (Å²) in [6.45, 7) is 0. The first-order chi connectivity index (χ1) is 9.06. The molecule has 0 spiro atoms. The largest absolute Gasteiger partial charge is 0.508 e. The Kier molecular flexibility index (Phi) is 3.03. The number of benzene rings is 2. The van der Waals surface area contributed by atoms with Crippen LogP contribution < -0.4 is 0 Å². The molecule has 0 saturated carbocycles. The number of phenols is 1. The summed E-state index contributed by atoms with van der Waals surface area (Å²) in [5, 5.41) is 9.39. The number of thioether (sulfide) groups is 1. The van der Waals surface area contributed by atoms with Gasteiger partial charge in [-0.1, -0.05) is 18.2 Å². The molecule has 2 aromatic rings. The summed E-state index contributed by atoms with van der Waals surface area (Å²) in [5.41, 5.74) is 0.703. The summed E-state index contributed by atoms with van der Waals surface area (Å²) in [7, 11) is -3.22. The summed E-state index contributed by atoms with van der Waals surface area (Å²) >= 11 is 1.51. The van der Waals surface area contributed by atoms with Crippen LogP contribution in [-0.2, 0) is 9.84 Å². The van der Waals surface area contributed by atoms with Crippen molar-refractivity contribution in [2.45, 2.75) is 15.0 Å². The predicted octanol–water partition coefficient (Wildman–Crippen LogP) is 3.01. The Hall–Kier alpha value is -1.46. The van der Waals surface area contributed by atoms with Gasteiger partial charge in [0.15, 0.2) is 9.84 Å². The van der Waals surface area contributed by atoms with E-state index < -0.39 is 9.84 Å². The van der Waals surface area contributed by atoms with Crippen molar-refractivity contribution < 1.29 is 13.5 Å². The Morgan fingerprint density at radius 1 is 1.11 bits per heavy atom. The van der Waals surface area contributed by atoms with Crippen molar-refractivity contribution in [3.63, 3.8) is 0 Å². The second-order valence-electron chi connectivity index (χ2n) is 4.42. The van der Waals surface area contributed by atoms with Crippen LogP contribution in [0.5, 0.6) is 5.75 Å². The SMILES string of the molecule is O=S1(=O)CC(Sc2ccccc2)c2cc(O)ccc21. The molecule has 0 bridgehead atoms. The van der Waals surface area contributed by atoms with E-state index in [2.05, 4.69) is 0 Å². The van der Waals surface area contributed by atoms with Gasteiger partial charge in [-0.3, -0.25) is 0 Å². The summed E-state index contributed by atoms with van der Waals surface area (Å²) in [4.78, 5) is 1.37. The quantitative estimate of drug-likeness (QED) is 0.924. The maximum Gasteiger partial charge on any atom is 0.180 e. The normalized spacial score (nSPS) is 20.1. The van der Waals surface area contributed by atoms with Gasteiger partial charge >= 0.3 is 0 Å². The lowest BCUT2D eigenvalue weighted by Gasteiger charge is -2.09. The van der Waals surface area contributed by atoms with E-state index in [1.807, 2.05) is 30.3 Å². The molecule has 1 aliphatic heterocycles. The summed E-state index contributed by atoms with van der Waals surface area (Å²) in [5.74, 6) is 0.195. The molecular weight excluding hydrogens is 280 g/mol. The number of sulfone groups is 1. The lowest BCUT2D eigenvalue weighted by molar-refractivity contribution is 0.474. The van der Waals surface area contributed by atoms with E-state index >= 15 is 0 Å². The van der Waals surface area contributed by atoms with Crippen molar-refractivity contribution in [1.82, 2.24) is 0 Å². The molecule has 3 nitrogen and oxygen atoms in total. The molecule has 1 atom stereocenters. The molecule has 98 valence electrons. The highest BCUT2D eigenvalue weighted by Gasteiger charge is 2.35. The average molecular weight is 292 g/mol. The van der Waals surface area contributed by atoms with E-state index in [0.29, 0.717) is 10.5 Å². The zero-order valence-electron chi connectivity index (χ0n) is 9.98. The molecule has 2 aromatic carbocycles. The minimum atomic E-state index is -3.22. The molecule has 0 fully saturated rings. The van der Waals surface area contributed by atoms with Gasteiger partial charge in [-0.05, 0) is 35.9 Å². The van der Waals surface area contributed by atoms with Crippen molar-refractivity contribution in [3.05, 3.63) is 54.1 Å². The molecule has 1 heterocycles. The van der Waals surface area contributed by atoms with Gasteiger partial charge in [0.25, 0.3) is 0 Å². The highest BCUT2D eigenvalue weighted by Crippen LogP contribution is 2.45. The zero-order chi connectivity index (χ0) is 13.5. The van der Waals surface area contributed by atoms with Crippen molar-refractivity contribution in [2.75, 3.05) is 5.75 Å². The molecule has 0 radical (unpaired) electrons. The summed E-state index contributed by atoms with van der Waals surface area (Å²) < 4.78 is 24.1. The lowest BCUT2D eigenvalue weighted by Crippen LogP contribution is -2.00. The highest BCUT2D eigenvalue weighted by molar-refractivity contribution is 8.01. The van der Waals surface area contributed by atoms with Crippen molar-refractivity contribution in [1.29, 1.82) is 0 Å². The minimum absolute atomic E-state index is 0.0886. The van der Waals surface area contributed by atoms with Crippen LogP contribution in [0, 0.1) is 0 Å². The standard InChI is InChI=1S/C14H12O3S2/c15-10-6-7-14-12(8-10)13(9-19(14,16)17)18-11-4-2-1-3-5-11/h1-8,13,15H,9H2. The number of fused-ring (bicyclic) bond motifs is 1. The van der Waals surface area contributed by atoms with E-state index in [-0.39, 0.29) is 16.8 Å². The molecule has 0 aliphatic carbocycles. The highest BCUT2D eigenvalue weighted by atomic mass is 32.2. The monoisotopic (exact) mass is 292 g/mol. The van der Waals surface area contributed by atoms with Gasteiger partial charge in [0.05, 0.1) is 15.9 Å². The van der Waals surface area contributed by atoms with Crippen LogP contribution in [0.2, 0.25) is 0 Å². The molecule has 1 aliphatic rings. The molecule has 0 amide bonds. The molecule has 1 N–H and O–H groups in total. The first kappa shape index (κ1) is 12.6. The fourth-order valence-corrected chi connectivity index (χ4v) is 5.65. The Labute approximate surface area is 116 Å². The summed E-state index contributed by atoms with van der Waals surface area (Å²) in [6.07, 6.45) is 0. The lowest BCUT2D eigenvalue weighted by atomic mass is 10.1. The Balaban J connectivity index is 2.00. The van der Waals surface area contributed by atoms with Gasteiger partial charge in [0.1, 0.15) is 5.75 Å². The molecule has 0 aromatic heterocycles. The third kappa shape index (κ3) is 2.35. The van der Waals surface area contributed by atoms with E-state index in [1.54, 1.807) is 6.07 Å². The third-order valence-electron chi connectivity index (χ3n) is 3.07. The fourth-order valence-electron chi connectivity index (χ4n) is 2.21. The molecule has 19 heavy (non-hydrogen) atoms. The van der Waals surface area contributed by atoms with Crippen LogP contribution >= 0.6 is 11.8 Å². The van der Waals surface area contributed by atoms with Gasteiger partial charge in [0, 0.05) is 4.90 Å². The fraction of sp³-hybridized carbons (Fsp3) is 0.143. The van der Waals surface area contributed by atoms with E-state index in [1.165, 1.54) is 23.9 Å². The second-order valence-corrected chi connectivity index (χ2v) is 7.70. The maximum atomic E-state index is 12.1.